The predicted molar refractivity (Wildman–Crippen MR) is 112 cm³/mol. The molecule has 4 aromatic rings. The van der Waals surface area contributed by atoms with Crippen molar-refractivity contribution in [3.05, 3.63) is 54.0 Å². The van der Waals surface area contributed by atoms with E-state index in [1.54, 1.807) is 19.2 Å². The maximum atomic E-state index is 13.1. The van der Waals surface area contributed by atoms with Crippen LogP contribution in [0.3, 0.4) is 0 Å². The van der Waals surface area contributed by atoms with E-state index < -0.39 is 0 Å². The number of nitrogens with zero attached hydrogens (tertiary/aromatic N) is 1. The maximum absolute atomic E-state index is 13.1. The van der Waals surface area contributed by atoms with Crippen molar-refractivity contribution in [2.75, 3.05) is 28.4 Å². The number of methoxy groups -OCH3 is 4. The van der Waals surface area contributed by atoms with Gasteiger partial charge >= 0.3 is 0 Å². The first-order chi connectivity index (χ1) is 14.6. The van der Waals surface area contributed by atoms with Gasteiger partial charge in [0.2, 0.25) is 11.5 Å². The molecule has 0 fully saturated rings. The average molecular weight is 407 g/mol. The number of imidazole rings is 1. The summed E-state index contributed by atoms with van der Waals surface area (Å²) in [5.41, 5.74) is 2.45. The normalized spacial score (nSPS) is 10.8. The third kappa shape index (κ3) is 3.12. The van der Waals surface area contributed by atoms with Gasteiger partial charge in [-0.3, -0.25) is 4.79 Å². The van der Waals surface area contributed by atoms with Crippen molar-refractivity contribution in [3.63, 3.8) is 0 Å². The van der Waals surface area contributed by atoms with Crippen LogP contribution in [0.4, 0.5) is 0 Å². The van der Waals surface area contributed by atoms with E-state index in [-0.39, 0.29) is 5.78 Å². The lowest BCUT2D eigenvalue weighted by Gasteiger charge is -2.13. The van der Waals surface area contributed by atoms with Crippen LogP contribution in [0.25, 0.3) is 22.3 Å². The monoisotopic (exact) mass is 407 g/mol. The summed E-state index contributed by atoms with van der Waals surface area (Å²) in [7, 11) is 6.14. The fourth-order valence-corrected chi connectivity index (χ4v) is 3.45. The second-order valence-electron chi connectivity index (χ2n) is 6.47. The van der Waals surface area contributed by atoms with E-state index in [0.717, 1.165) is 22.2 Å². The summed E-state index contributed by atoms with van der Waals surface area (Å²) in [4.78, 5) is 23.8. The number of ether oxygens (including phenoxy) is 4. The molecule has 0 aliphatic carbocycles. The Hall–Kier alpha value is -3.94. The molecule has 2 aromatic carbocycles. The first-order valence-corrected chi connectivity index (χ1v) is 9.15. The summed E-state index contributed by atoms with van der Waals surface area (Å²) in [5, 5.41) is 0.890. The van der Waals surface area contributed by atoms with E-state index in [2.05, 4.69) is 15.0 Å². The number of aromatic nitrogens is 3. The van der Waals surface area contributed by atoms with Crippen LogP contribution in [-0.2, 0) is 0 Å². The summed E-state index contributed by atoms with van der Waals surface area (Å²) in [6.07, 6.45) is 3.34. The van der Waals surface area contributed by atoms with Crippen LogP contribution in [0.2, 0.25) is 0 Å². The van der Waals surface area contributed by atoms with Crippen molar-refractivity contribution in [2.24, 2.45) is 0 Å². The molecule has 0 spiro atoms. The molecule has 0 atom stereocenters. The minimum Gasteiger partial charge on any atom is -0.496 e. The number of fused-ring (bicyclic) bond motifs is 1. The Bertz CT molecular complexity index is 1200. The molecule has 0 saturated heterocycles. The molecule has 0 radical (unpaired) electrons. The van der Waals surface area contributed by atoms with E-state index in [9.17, 15) is 4.79 Å². The Morgan fingerprint density at radius 1 is 0.933 bits per heavy atom. The van der Waals surface area contributed by atoms with E-state index in [1.165, 1.54) is 27.5 Å². The molecule has 0 aliphatic rings. The van der Waals surface area contributed by atoms with Gasteiger partial charge in [0, 0.05) is 22.8 Å². The lowest BCUT2D eigenvalue weighted by molar-refractivity contribution is 0.103. The van der Waals surface area contributed by atoms with Crippen LogP contribution in [0.15, 0.2) is 42.7 Å². The highest BCUT2D eigenvalue weighted by molar-refractivity contribution is 6.09. The van der Waals surface area contributed by atoms with Gasteiger partial charge < -0.3 is 28.9 Å². The standard InChI is InChI=1S/C22H21N3O5/c1-27-16-7-5-6-14-19(16)13(10-23-14)22-24-11-15(25-22)20(26)12-8-17(28-2)21(30-4)18(9-12)29-3/h5-11,23H,1-4H3,(H,24,25). The number of nitrogens with one attached hydrogen (secondary N) is 2. The Labute approximate surface area is 172 Å². The smallest absolute Gasteiger partial charge is 0.211 e. The van der Waals surface area contributed by atoms with Crippen LogP contribution in [0, 0.1) is 0 Å². The van der Waals surface area contributed by atoms with Crippen molar-refractivity contribution in [1.82, 2.24) is 15.0 Å². The lowest BCUT2D eigenvalue weighted by Crippen LogP contribution is -2.04. The van der Waals surface area contributed by atoms with Crippen LogP contribution < -0.4 is 18.9 Å². The van der Waals surface area contributed by atoms with Gasteiger partial charge in [0.05, 0.1) is 40.0 Å². The molecule has 0 bridgehead atoms. The number of aromatic amines is 2. The minimum atomic E-state index is -0.250. The fourth-order valence-electron chi connectivity index (χ4n) is 3.45. The van der Waals surface area contributed by atoms with Crippen LogP contribution in [0.1, 0.15) is 16.1 Å². The van der Waals surface area contributed by atoms with Gasteiger partial charge in [0.25, 0.3) is 0 Å². The number of hydrogen-bond acceptors (Lipinski definition) is 6. The SMILES string of the molecule is COc1cc(C(=O)c2cnc(-c3c[nH]c4cccc(OC)c34)[nH]2)cc(OC)c1OC. The zero-order valence-electron chi connectivity index (χ0n) is 17.0. The molecular weight excluding hydrogens is 386 g/mol. The summed E-state index contributed by atoms with van der Waals surface area (Å²) < 4.78 is 21.5. The van der Waals surface area contributed by atoms with Crippen molar-refractivity contribution >= 4 is 16.7 Å². The molecule has 30 heavy (non-hydrogen) atoms. The van der Waals surface area contributed by atoms with Crippen molar-refractivity contribution in [2.45, 2.75) is 0 Å². The predicted octanol–water partition coefficient (Wildman–Crippen LogP) is 3.82. The van der Waals surface area contributed by atoms with Crippen molar-refractivity contribution in [3.8, 4) is 34.4 Å². The molecule has 0 aliphatic heterocycles. The van der Waals surface area contributed by atoms with E-state index in [0.29, 0.717) is 34.3 Å². The van der Waals surface area contributed by atoms with Crippen LogP contribution >= 0.6 is 0 Å². The molecule has 0 unspecified atom stereocenters. The van der Waals surface area contributed by atoms with Crippen LogP contribution in [0.5, 0.6) is 23.0 Å². The molecule has 0 saturated carbocycles. The molecule has 8 nitrogen and oxygen atoms in total. The maximum Gasteiger partial charge on any atom is 0.211 e. The van der Waals surface area contributed by atoms with Gasteiger partial charge in [-0.05, 0) is 24.3 Å². The summed E-state index contributed by atoms with van der Waals surface area (Å²) >= 11 is 0. The Balaban J connectivity index is 1.74. The van der Waals surface area contributed by atoms with E-state index in [1.807, 2.05) is 24.4 Å². The van der Waals surface area contributed by atoms with Gasteiger partial charge in [0.15, 0.2) is 11.5 Å². The largest absolute Gasteiger partial charge is 0.496 e. The molecule has 2 aromatic heterocycles. The molecular formula is C22H21N3O5. The molecule has 8 heteroatoms. The highest BCUT2D eigenvalue weighted by Gasteiger charge is 2.21. The number of ketones is 1. The quantitative estimate of drug-likeness (QED) is 0.452. The zero-order chi connectivity index (χ0) is 21.3. The van der Waals surface area contributed by atoms with Crippen molar-refractivity contribution < 1.29 is 23.7 Å². The molecule has 0 amide bonds. The zero-order valence-corrected chi connectivity index (χ0v) is 17.0. The number of carbonyl (C=O) groups is 1. The fraction of sp³-hybridized carbons (Fsp3) is 0.182. The summed E-state index contributed by atoms with van der Waals surface area (Å²) in [6, 6.07) is 8.96. The molecule has 2 heterocycles. The van der Waals surface area contributed by atoms with Gasteiger partial charge in [-0.15, -0.1) is 0 Å². The molecule has 2 N–H and O–H groups in total. The topological polar surface area (TPSA) is 98.5 Å². The first kappa shape index (κ1) is 19.4. The number of rotatable bonds is 7. The summed E-state index contributed by atoms with van der Waals surface area (Å²) in [6.45, 7) is 0. The Morgan fingerprint density at radius 2 is 1.63 bits per heavy atom. The van der Waals surface area contributed by atoms with Crippen LogP contribution in [-0.4, -0.2) is 49.2 Å². The van der Waals surface area contributed by atoms with Gasteiger partial charge in [-0.2, -0.15) is 0 Å². The third-order valence-electron chi connectivity index (χ3n) is 4.89. The van der Waals surface area contributed by atoms with Crippen molar-refractivity contribution in [1.29, 1.82) is 0 Å². The Morgan fingerprint density at radius 3 is 2.27 bits per heavy atom. The number of hydrogen-bond donors (Lipinski definition) is 2. The number of H-pyrrole nitrogens is 2. The average Bonchev–Trinajstić information content (AvgIpc) is 3.44. The first-order valence-electron chi connectivity index (χ1n) is 9.15. The molecule has 154 valence electrons. The third-order valence-corrected chi connectivity index (χ3v) is 4.89. The van der Waals surface area contributed by atoms with E-state index >= 15 is 0 Å². The highest BCUT2D eigenvalue weighted by atomic mass is 16.5. The number of carbonyl (C=O) groups excluding carboxylic acids is 1. The Kier molecular flexibility index (Phi) is 5.05. The van der Waals surface area contributed by atoms with Gasteiger partial charge in [-0.1, -0.05) is 6.07 Å². The highest BCUT2D eigenvalue weighted by Crippen LogP contribution is 2.39. The molecule has 4 rings (SSSR count). The second kappa shape index (κ2) is 7.82. The minimum absolute atomic E-state index is 0.250. The second-order valence-corrected chi connectivity index (χ2v) is 6.47. The number of benzene rings is 2. The van der Waals surface area contributed by atoms with E-state index in [4.69, 9.17) is 18.9 Å². The summed E-state index contributed by atoms with van der Waals surface area (Å²) in [5.74, 6) is 2.26. The lowest BCUT2D eigenvalue weighted by atomic mass is 10.1. The van der Waals surface area contributed by atoms with Gasteiger partial charge in [0.1, 0.15) is 17.3 Å². The van der Waals surface area contributed by atoms with Gasteiger partial charge in [-0.25, -0.2) is 4.98 Å².